The number of amides is 1. The molecule has 1 aliphatic heterocycles. The molecule has 1 aliphatic rings. The number of piperidine rings is 1. The highest BCUT2D eigenvalue weighted by Gasteiger charge is 2.25. The number of benzene rings is 1. The predicted octanol–water partition coefficient (Wildman–Crippen LogP) is 1.14. The second-order valence-corrected chi connectivity index (χ2v) is 6.91. The van der Waals surface area contributed by atoms with E-state index < -0.39 is 11.8 Å². The fraction of sp³-hybridized carbons (Fsp3) is 0.579. The maximum Gasteiger partial charge on any atom is 0.317 e. The molecule has 0 aliphatic carbocycles. The highest BCUT2D eigenvalue weighted by atomic mass is 19.1. The van der Waals surface area contributed by atoms with Gasteiger partial charge in [-0.3, -0.25) is 19.4 Å². The summed E-state index contributed by atoms with van der Waals surface area (Å²) in [6, 6.07) is 6.43. The molecule has 0 unspecified atom stereocenters. The number of para-hydroxylation sites is 1. The lowest BCUT2D eigenvalue weighted by molar-refractivity contribution is -0.138. The van der Waals surface area contributed by atoms with Crippen LogP contribution in [0.4, 0.5) is 4.39 Å². The second kappa shape index (κ2) is 10.2. The molecule has 0 aromatic heterocycles. The third kappa shape index (κ3) is 6.80. The number of carbonyl (C=O) groups is 2. The predicted molar refractivity (Wildman–Crippen MR) is 99.3 cm³/mol. The maximum atomic E-state index is 13.5. The summed E-state index contributed by atoms with van der Waals surface area (Å²) in [4.78, 5) is 28.7. The van der Waals surface area contributed by atoms with Gasteiger partial charge in [0.2, 0.25) is 5.91 Å². The van der Waals surface area contributed by atoms with Gasteiger partial charge in [-0.05, 0) is 32.0 Å². The number of halogens is 1. The van der Waals surface area contributed by atoms with Crippen molar-refractivity contribution in [3.63, 3.8) is 0 Å². The Balaban J connectivity index is 1.68. The van der Waals surface area contributed by atoms with Gasteiger partial charge in [0, 0.05) is 26.2 Å². The molecule has 0 bridgehead atoms. The Kier molecular flexibility index (Phi) is 7.99. The minimum absolute atomic E-state index is 0.00975. The first kappa shape index (κ1) is 21.1. The van der Waals surface area contributed by atoms with Crippen LogP contribution in [0, 0.1) is 5.82 Å². The van der Waals surface area contributed by atoms with Crippen LogP contribution in [0.15, 0.2) is 24.3 Å². The van der Waals surface area contributed by atoms with E-state index in [9.17, 15) is 14.0 Å². The quantitative estimate of drug-likeness (QED) is 0.692. The Bertz CT molecular complexity index is 635. The lowest BCUT2D eigenvalue weighted by atomic mass is 10.0. The molecule has 1 fully saturated rings. The van der Waals surface area contributed by atoms with Crippen LogP contribution in [0.5, 0.6) is 5.75 Å². The van der Waals surface area contributed by atoms with E-state index in [0.717, 1.165) is 25.9 Å². The summed E-state index contributed by atoms with van der Waals surface area (Å²) >= 11 is 0. The zero-order valence-electron chi connectivity index (χ0n) is 15.9. The molecule has 150 valence electrons. The molecule has 0 saturated carbocycles. The van der Waals surface area contributed by atoms with Crippen LogP contribution in [0.3, 0.4) is 0 Å². The molecule has 27 heavy (non-hydrogen) atoms. The van der Waals surface area contributed by atoms with E-state index in [-0.39, 0.29) is 30.9 Å². The van der Waals surface area contributed by atoms with Crippen LogP contribution in [0.2, 0.25) is 0 Å². The van der Waals surface area contributed by atoms with Gasteiger partial charge < -0.3 is 14.7 Å². The molecule has 0 atom stereocenters. The van der Waals surface area contributed by atoms with Gasteiger partial charge in [-0.25, -0.2) is 4.39 Å². The van der Waals surface area contributed by atoms with Gasteiger partial charge in [-0.1, -0.05) is 12.1 Å². The molecule has 1 amide bonds. The van der Waals surface area contributed by atoms with Gasteiger partial charge in [0.15, 0.2) is 11.6 Å². The molecule has 1 aromatic rings. The van der Waals surface area contributed by atoms with Crippen molar-refractivity contribution < 1.29 is 23.8 Å². The summed E-state index contributed by atoms with van der Waals surface area (Å²) in [6.45, 7) is 2.50. The summed E-state index contributed by atoms with van der Waals surface area (Å²) in [6.07, 6.45) is 1.69. The Morgan fingerprint density at radius 2 is 1.93 bits per heavy atom. The minimum Gasteiger partial charge on any atom is -0.489 e. The van der Waals surface area contributed by atoms with Gasteiger partial charge >= 0.3 is 5.97 Å². The Morgan fingerprint density at radius 1 is 1.26 bits per heavy atom. The Hall–Kier alpha value is -2.19. The molecule has 8 heteroatoms. The number of carbonyl (C=O) groups excluding carboxylic acids is 1. The first-order valence-corrected chi connectivity index (χ1v) is 9.12. The van der Waals surface area contributed by atoms with E-state index in [0.29, 0.717) is 13.1 Å². The van der Waals surface area contributed by atoms with Crippen LogP contribution < -0.4 is 4.74 Å². The molecule has 0 radical (unpaired) electrons. The summed E-state index contributed by atoms with van der Waals surface area (Å²) in [5, 5.41) is 8.87. The fourth-order valence-corrected chi connectivity index (χ4v) is 3.15. The highest BCUT2D eigenvalue weighted by Crippen LogP contribution is 2.16. The van der Waals surface area contributed by atoms with E-state index in [1.165, 1.54) is 6.07 Å². The van der Waals surface area contributed by atoms with Crippen LogP contribution >= 0.6 is 0 Å². The fourth-order valence-electron chi connectivity index (χ4n) is 3.15. The third-order valence-corrected chi connectivity index (χ3v) is 4.87. The van der Waals surface area contributed by atoms with E-state index in [2.05, 4.69) is 4.90 Å². The van der Waals surface area contributed by atoms with Crippen molar-refractivity contribution in [2.75, 3.05) is 53.4 Å². The Labute approximate surface area is 159 Å². The molecule has 1 saturated heterocycles. The number of carboxylic acid groups (broad SMARTS) is 1. The van der Waals surface area contributed by atoms with Gasteiger partial charge in [-0.2, -0.15) is 0 Å². The zero-order chi connectivity index (χ0) is 19.8. The highest BCUT2D eigenvalue weighted by molar-refractivity contribution is 5.78. The summed E-state index contributed by atoms with van der Waals surface area (Å²) in [5.74, 6) is -1.06. The molecule has 7 nitrogen and oxygen atoms in total. The SMILES string of the molecule is CN(CCOc1ccccc1F)C(=O)CN1CCC(N(C)CC(=O)O)CC1. The van der Waals surface area contributed by atoms with Crippen molar-refractivity contribution >= 4 is 11.9 Å². The average Bonchev–Trinajstić information content (AvgIpc) is 2.63. The number of nitrogens with zero attached hydrogens (tertiary/aromatic N) is 3. The van der Waals surface area contributed by atoms with E-state index in [1.54, 1.807) is 30.1 Å². The second-order valence-electron chi connectivity index (χ2n) is 6.91. The number of likely N-dealkylation sites (N-methyl/N-ethyl adjacent to an activating group) is 2. The van der Waals surface area contributed by atoms with Crippen molar-refractivity contribution in [2.45, 2.75) is 18.9 Å². The first-order valence-electron chi connectivity index (χ1n) is 9.12. The summed E-state index contributed by atoms with van der Waals surface area (Å²) in [7, 11) is 3.53. The maximum absolute atomic E-state index is 13.5. The van der Waals surface area contributed by atoms with Crippen molar-refractivity contribution in [1.29, 1.82) is 0 Å². The number of rotatable bonds is 9. The minimum atomic E-state index is -0.825. The molecule has 1 heterocycles. The van der Waals surface area contributed by atoms with Gasteiger partial charge in [0.05, 0.1) is 19.6 Å². The molecule has 2 rings (SSSR count). The number of hydrogen-bond donors (Lipinski definition) is 1. The van der Waals surface area contributed by atoms with Crippen molar-refractivity contribution in [1.82, 2.24) is 14.7 Å². The normalized spacial score (nSPS) is 15.7. The van der Waals surface area contributed by atoms with Crippen molar-refractivity contribution in [2.24, 2.45) is 0 Å². The molecule has 0 spiro atoms. The van der Waals surface area contributed by atoms with Crippen LogP contribution in [0.1, 0.15) is 12.8 Å². The number of likely N-dealkylation sites (tertiary alicyclic amines) is 1. The molecular weight excluding hydrogens is 353 g/mol. The topological polar surface area (TPSA) is 73.3 Å². The first-order chi connectivity index (χ1) is 12.9. The van der Waals surface area contributed by atoms with Crippen molar-refractivity contribution in [3.05, 3.63) is 30.1 Å². The number of aliphatic carboxylic acids is 1. The van der Waals surface area contributed by atoms with Gasteiger partial charge in [-0.15, -0.1) is 0 Å². The zero-order valence-corrected chi connectivity index (χ0v) is 15.9. The lowest BCUT2D eigenvalue weighted by Crippen LogP contribution is -2.48. The number of hydrogen-bond acceptors (Lipinski definition) is 5. The lowest BCUT2D eigenvalue weighted by Gasteiger charge is -2.36. The third-order valence-electron chi connectivity index (χ3n) is 4.87. The summed E-state index contributed by atoms with van der Waals surface area (Å²) < 4.78 is 18.9. The summed E-state index contributed by atoms with van der Waals surface area (Å²) in [5.41, 5.74) is 0. The standard InChI is InChI=1S/C19H28FN3O4/c1-21(11-12-27-17-6-4-3-5-16(17)20)18(24)13-23-9-7-15(8-10-23)22(2)14-19(25)26/h3-6,15H,7-14H2,1-2H3,(H,25,26). The van der Waals surface area contributed by atoms with Crippen LogP contribution in [-0.2, 0) is 9.59 Å². The Morgan fingerprint density at radius 3 is 2.56 bits per heavy atom. The van der Waals surface area contributed by atoms with Gasteiger partial charge in [0.25, 0.3) is 0 Å². The smallest absolute Gasteiger partial charge is 0.317 e. The monoisotopic (exact) mass is 381 g/mol. The largest absolute Gasteiger partial charge is 0.489 e. The van der Waals surface area contributed by atoms with Crippen molar-refractivity contribution in [3.8, 4) is 5.75 Å². The van der Waals surface area contributed by atoms with Crippen LogP contribution in [0.25, 0.3) is 0 Å². The van der Waals surface area contributed by atoms with E-state index >= 15 is 0 Å². The molecular formula is C19H28FN3O4. The van der Waals surface area contributed by atoms with E-state index in [4.69, 9.17) is 9.84 Å². The number of ether oxygens (including phenoxy) is 1. The molecule has 1 aromatic carbocycles. The van der Waals surface area contributed by atoms with Gasteiger partial charge in [0.1, 0.15) is 6.61 Å². The van der Waals surface area contributed by atoms with Crippen LogP contribution in [-0.4, -0.2) is 91.2 Å². The van der Waals surface area contributed by atoms with E-state index in [1.807, 2.05) is 11.9 Å². The average molecular weight is 381 g/mol. The number of carboxylic acids is 1. The molecule has 1 N–H and O–H groups in total.